The number of carbonyl (C=O) groups is 3. The minimum absolute atomic E-state index is 0.0269. The second-order valence-electron chi connectivity index (χ2n) is 7.66. The quantitative estimate of drug-likeness (QED) is 0.280. The van der Waals surface area contributed by atoms with Gasteiger partial charge >= 0.3 is 0 Å². The fraction of sp³-hybridized carbons (Fsp3) is 0.222. The Labute approximate surface area is 209 Å². The van der Waals surface area contributed by atoms with E-state index in [2.05, 4.69) is 10.6 Å². The zero-order valence-corrected chi connectivity index (χ0v) is 20.9. The van der Waals surface area contributed by atoms with E-state index in [4.69, 9.17) is 9.47 Å². The number of ether oxygens (including phenoxy) is 2. The summed E-state index contributed by atoms with van der Waals surface area (Å²) in [4.78, 5) is 38.1. The highest BCUT2D eigenvalue weighted by Gasteiger charge is 2.20. The molecule has 0 saturated carbocycles. The van der Waals surface area contributed by atoms with Crippen LogP contribution in [0.4, 0.5) is 11.4 Å². The van der Waals surface area contributed by atoms with E-state index in [-0.39, 0.29) is 22.8 Å². The summed E-state index contributed by atoms with van der Waals surface area (Å²) in [5.41, 5.74) is 2.11. The molecule has 2 N–H and O–H groups in total. The van der Waals surface area contributed by atoms with Crippen molar-refractivity contribution in [3.05, 3.63) is 77.9 Å². The number of anilines is 2. The number of carbonyl (C=O) groups excluding carboxylic acids is 3. The fourth-order valence-electron chi connectivity index (χ4n) is 3.41. The van der Waals surface area contributed by atoms with E-state index in [1.54, 1.807) is 48.5 Å². The lowest BCUT2D eigenvalue weighted by atomic mass is 10.1. The highest BCUT2D eigenvalue weighted by molar-refractivity contribution is 8.00. The zero-order valence-electron chi connectivity index (χ0n) is 20.1. The van der Waals surface area contributed by atoms with Crippen molar-refractivity contribution >= 4 is 40.7 Å². The number of hydrogen-bond donors (Lipinski definition) is 2. The first-order chi connectivity index (χ1) is 16.9. The van der Waals surface area contributed by atoms with Crippen molar-refractivity contribution in [3.63, 3.8) is 0 Å². The van der Waals surface area contributed by atoms with Gasteiger partial charge in [-0.25, -0.2) is 0 Å². The average Bonchev–Trinajstić information content (AvgIpc) is 2.87. The molecule has 0 saturated heterocycles. The topological polar surface area (TPSA) is 93.7 Å². The Bertz CT molecular complexity index is 1190. The molecular formula is C27H28N2O5S. The number of nitrogens with one attached hydrogen (secondary N) is 2. The minimum atomic E-state index is -0.361. The molecule has 0 aliphatic carbocycles. The summed E-state index contributed by atoms with van der Waals surface area (Å²) in [5.74, 6) is 0.292. The van der Waals surface area contributed by atoms with E-state index in [1.807, 2.05) is 25.1 Å². The molecule has 7 nitrogen and oxygen atoms in total. The normalized spacial score (nSPS) is 11.3. The van der Waals surface area contributed by atoms with E-state index in [9.17, 15) is 14.4 Å². The van der Waals surface area contributed by atoms with Crippen LogP contribution < -0.4 is 20.1 Å². The lowest BCUT2D eigenvalue weighted by molar-refractivity contribution is -0.115. The Hall–Kier alpha value is -3.78. The summed E-state index contributed by atoms with van der Waals surface area (Å²) in [6, 6.07) is 19.3. The predicted molar refractivity (Wildman–Crippen MR) is 139 cm³/mol. The van der Waals surface area contributed by atoms with Gasteiger partial charge in [0.2, 0.25) is 5.91 Å². The van der Waals surface area contributed by atoms with Gasteiger partial charge in [-0.2, -0.15) is 0 Å². The van der Waals surface area contributed by atoms with Crippen molar-refractivity contribution in [2.24, 2.45) is 0 Å². The van der Waals surface area contributed by atoms with Gasteiger partial charge in [0, 0.05) is 21.8 Å². The number of thioether (sulfide) groups is 1. The SMILES string of the molecule is CCC(Sc1cccc(NC(=O)c2c(OC)cccc2OC)c1)C(=O)Nc1ccc(C(C)=O)cc1. The van der Waals surface area contributed by atoms with Gasteiger partial charge in [0.25, 0.3) is 5.91 Å². The number of methoxy groups -OCH3 is 2. The summed E-state index contributed by atoms with van der Waals surface area (Å²) in [6.45, 7) is 3.44. The van der Waals surface area contributed by atoms with Crippen molar-refractivity contribution in [1.29, 1.82) is 0 Å². The van der Waals surface area contributed by atoms with Crippen LogP contribution in [-0.4, -0.2) is 37.1 Å². The Morgan fingerprint density at radius 2 is 1.49 bits per heavy atom. The Morgan fingerprint density at radius 1 is 0.857 bits per heavy atom. The van der Waals surface area contributed by atoms with E-state index in [0.717, 1.165) is 4.90 Å². The monoisotopic (exact) mass is 492 g/mol. The maximum absolute atomic E-state index is 13.0. The van der Waals surface area contributed by atoms with Crippen LogP contribution in [-0.2, 0) is 4.79 Å². The van der Waals surface area contributed by atoms with Gasteiger partial charge in [-0.05, 0) is 67.9 Å². The smallest absolute Gasteiger partial charge is 0.263 e. The molecule has 182 valence electrons. The van der Waals surface area contributed by atoms with Crippen LogP contribution in [0.15, 0.2) is 71.6 Å². The Kier molecular flexibility index (Phi) is 8.92. The summed E-state index contributed by atoms with van der Waals surface area (Å²) < 4.78 is 10.6. The summed E-state index contributed by atoms with van der Waals surface area (Å²) in [7, 11) is 2.99. The molecule has 0 heterocycles. The molecule has 0 aliphatic heterocycles. The number of rotatable bonds is 10. The van der Waals surface area contributed by atoms with Gasteiger partial charge in [-0.15, -0.1) is 11.8 Å². The van der Waals surface area contributed by atoms with Crippen molar-refractivity contribution in [3.8, 4) is 11.5 Å². The predicted octanol–water partition coefficient (Wildman–Crippen LogP) is 5.67. The molecule has 0 spiro atoms. The van der Waals surface area contributed by atoms with Crippen molar-refractivity contribution < 1.29 is 23.9 Å². The van der Waals surface area contributed by atoms with Crippen LogP contribution in [0.25, 0.3) is 0 Å². The van der Waals surface area contributed by atoms with Crippen molar-refractivity contribution in [1.82, 2.24) is 0 Å². The van der Waals surface area contributed by atoms with Crippen LogP contribution in [0.2, 0.25) is 0 Å². The van der Waals surface area contributed by atoms with E-state index < -0.39 is 0 Å². The molecule has 2 amide bonds. The standard InChI is InChI=1S/C27H28N2O5S/c1-5-24(26(31)28-19-14-12-18(13-15-19)17(2)30)35-21-9-6-8-20(16-21)29-27(32)25-22(33-3)10-7-11-23(25)34-4/h6-16,24H,5H2,1-4H3,(H,28,31)(H,29,32). The molecule has 35 heavy (non-hydrogen) atoms. The van der Waals surface area contributed by atoms with Crippen molar-refractivity contribution in [2.45, 2.75) is 30.4 Å². The average molecular weight is 493 g/mol. The van der Waals surface area contributed by atoms with E-state index in [0.29, 0.717) is 40.4 Å². The summed E-state index contributed by atoms with van der Waals surface area (Å²) in [6.07, 6.45) is 0.608. The molecule has 0 radical (unpaired) electrons. The van der Waals surface area contributed by atoms with Gasteiger partial charge in [-0.1, -0.05) is 19.1 Å². The maximum atomic E-state index is 13.0. The second kappa shape index (κ2) is 12.1. The number of benzene rings is 3. The molecule has 3 rings (SSSR count). The zero-order chi connectivity index (χ0) is 25.4. The lowest BCUT2D eigenvalue weighted by Crippen LogP contribution is -2.24. The third-order valence-electron chi connectivity index (χ3n) is 5.25. The van der Waals surface area contributed by atoms with Gasteiger partial charge in [-0.3, -0.25) is 14.4 Å². The van der Waals surface area contributed by atoms with E-state index in [1.165, 1.54) is 32.9 Å². The first-order valence-corrected chi connectivity index (χ1v) is 11.9. The highest BCUT2D eigenvalue weighted by Crippen LogP contribution is 2.31. The van der Waals surface area contributed by atoms with E-state index >= 15 is 0 Å². The molecule has 1 unspecified atom stereocenters. The van der Waals surface area contributed by atoms with Gasteiger partial charge in [0.1, 0.15) is 17.1 Å². The molecule has 3 aromatic rings. The van der Waals surface area contributed by atoms with Crippen LogP contribution in [0.5, 0.6) is 11.5 Å². The summed E-state index contributed by atoms with van der Waals surface area (Å²) >= 11 is 1.41. The minimum Gasteiger partial charge on any atom is -0.496 e. The largest absolute Gasteiger partial charge is 0.496 e. The maximum Gasteiger partial charge on any atom is 0.263 e. The van der Waals surface area contributed by atoms with Gasteiger partial charge in [0.05, 0.1) is 19.5 Å². The number of ketones is 1. The highest BCUT2D eigenvalue weighted by atomic mass is 32.2. The van der Waals surface area contributed by atoms with Gasteiger partial charge in [0.15, 0.2) is 5.78 Å². The first-order valence-electron chi connectivity index (χ1n) is 11.1. The third-order valence-corrected chi connectivity index (χ3v) is 6.61. The molecule has 0 bridgehead atoms. The summed E-state index contributed by atoms with van der Waals surface area (Å²) in [5, 5.41) is 5.44. The molecule has 1 atom stereocenters. The molecule has 8 heteroatoms. The van der Waals surface area contributed by atoms with Gasteiger partial charge < -0.3 is 20.1 Å². The molecule has 0 aliphatic rings. The lowest BCUT2D eigenvalue weighted by Gasteiger charge is -2.16. The number of Topliss-reactive ketones (excluding diaryl/α,β-unsaturated/α-hetero) is 1. The first kappa shape index (κ1) is 25.8. The fourth-order valence-corrected chi connectivity index (χ4v) is 4.43. The molecule has 0 aromatic heterocycles. The third kappa shape index (κ3) is 6.64. The molecule has 3 aromatic carbocycles. The second-order valence-corrected chi connectivity index (χ2v) is 8.93. The molecule has 0 fully saturated rings. The Morgan fingerprint density at radius 3 is 2.06 bits per heavy atom. The number of hydrogen-bond acceptors (Lipinski definition) is 6. The van der Waals surface area contributed by atoms with Crippen LogP contribution >= 0.6 is 11.8 Å². The Balaban J connectivity index is 1.70. The molecular weight excluding hydrogens is 464 g/mol. The van der Waals surface area contributed by atoms with Crippen LogP contribution in [0.3, 0.4) is 0 Å². The van der Waals surface area contributed by atoms with Crippen LogP contribution in [0.1, 0.15) is 41.0 Å². The number of amides is 2. The van der Waals surface area contributed by atoms with Crippen molar-refractivity contribution in [2.75, 3.05) is 24.9 Å². The van der Waals surface area contributed by atoms with Crippen LogP contribution in [0, 0.1) is 0 Å².